The van der Waals surface area contributed by atoms with Crippen molar-refractivity contribution in [2.24, 2.45) is 0 Å². The smallest absolute Gasteiger partial charge is 0.0794 e. The Morgan fingerprint density at radius 1 is 1.28 bits per heavy atom. The number of rotatable bonds is 7. The molecule has 96 valence electrons. The second kappa shape index (κ2) is 7.26. The Morgan fingerprint density at radius 3 is 2.78 bits per heavy atom. The number of hydrogen-bond acceptors (Lipinski definition) is 4. The Bertz CT molecular complexity index is 430. The molecule has 0 aliphatic rings. The Labute approximate surface area is 112 Å². The fraction of sp³-hybridized carbons (Fsp3) is 0.357. The van der Waals surface area contributed by atoms with Crippen LogP contribution in [0.5, 0.6) is 0 Å². The molecule has 1 atom stereocenters. The minimum absolute atomic E-state index is 0.224. The first-order valence-corrected chi connectivity index (χ1v) is 7.02. The predicted octanol–water partition coefficient (Wildman–Crippen LogP) is 2.40. The first-order chi connectivity index (χ1) is 8.90. The maximum Gasteiger partial charge on any atom is 0.0794 e. The van der Waals surface area contributed by atoms with Gasteiger partial charge in [-0.1, -0.05) is 30.3 Å². The molecular formula is C14H18N2OS. The van der Waals surface area contributed by atoms with E-state index < -0.39 is 0 Å². The molecule has 0 saturated carbocycles. The van der Waals surface area contributed by atoms with Crippen molar-refractivity contribution in [3.63, 3.8) is 0 Å². The molecule has 18 heavy (non-hydrogen) atoms. The molecule has 2 N–H and O–H groups in total. The molecule has 1 unspecified atom stereocenters. The van der Waals surface area contributed by atoms with Gasteiger partial charge in [0.2, 0.25) is 0 Å². The lowest BCUT2D eigenvalue weighted by Crippen LogP contribution is -2.21. The van der Waals surface area contributed by atoms with E-state index in [1.165, 1.54) is 10.4 Å². The largest absolute Gasteiger partial charge is 0.396 e. The van der Waals surface area contributed by atoms with Gasteiger partial charge in [0.25, 0.3) is 0 Å². The molecular weight excluding hydrogens is 244 g/mol. The first-order valence-electron chi connectivity index (χ1n) is 6.14. The summed E-state index contributed by atoms with van der Waals surface area (Å²) in [4.78, 5) is 5.29. The van der Waals surface area contributed by atoms with Crippen molar-refractivity contribution in [1.29, 1.82) is 0 Å². The summed E-state index contributed by atoms with van der Waals surface area (Å²) in [5.74, 6) is 0.365. The SMILES string of the molecule is OCCC(CNCc1cncs1)c1ccccc1. The molecule has 0 saturated heterocycles. The van der Waals surface area contributed by atoms with Crippen LogP contribution in [0, 0.1) is 0 Å². The summed E-state index contributed by atoms with van der Waals surface area (Å²) in [6.07, 6.45) is 2.68. The number of aliphatic hydroxyl groups excluding tert-OH is 1. The monoisotopic (exact) mass is 262 g/mol. The lowest BCUT2D eigenvalue weighted by molar-refractivity contribution is 0.273. The summed E-state index contributed by atoms with van der Waals surface area (Å²) in [7, 11) is 0. The number of benzene rings is 1. The van der Waals surface area contributed by atoms with Crippen LogP contribution in [0.4, 0.5) is 0 Å². The minimum Gasteiger partial charge on any atom is -0.396 e. The fourth-order valence-electron chi connectivity index (χ4n) is 1.97. The number of aliphatic hydroxyl groups is 1. The number of aromatic nitrogens is 1. The molecule has 3 nitrogen and oxygen atoms in total. The first kappa shape index (κ1) is 13.2. The highest BCUT2D eigenvalue weighted by molar-refractivity contribution is 7.09. The van der Waals surface area contributed by atoms with Gasteiger partial charge in [-0.3, -0.25) is 4.98 Å². The van der Waals surface area contributed by atoms with Gasteiger partial charge >= 0.3 is 0 Å². The van der Waals surface area contributed by atoms with E-state index in [1.54, 1.807) is 11.3 Å². The molecule has 0 aliphatic heterocycles. The third-order valence-corrected chi connectivity index (χ3v) is 3.70. The van der Waals surface area contributed by atoms with E-state index in [0.717, 1.165) is 19.5 Å². The standard InChI is InChI=1S/C14H18N2OS/c17-7-6-13(12-4-2-1-3-5-12)8-15-9-14-10-16-11-18-14/h1-5,10-11,13,15,17H,6-9H2. The molecule has 1 aromatic heterocycles. The van der Waals surface area contributed by atoms with E-state index in [-0.39, 0.29) is 6.61 Å². The van der Waals surface area contributed by atoms with E-state index in [0.29, 0.717) is 5.92 Å². The Hall–Kier alpha value is -1.23. The van der Waals surface area contributed by atoms with Crippen molar-refractivity contribution in [2.75, 3.05) is 13.2 Å². The lowest BCUT2D eigenvalue weighted by Gasteiger charge is -2.16. The minimum atomic E-state index is 0.224. The quantitative estimate of drug-likeness (QED) is 0.805. The Kier molecular flexibility index (Phi) is 5.33. The summed E-state index contributed by atoms with van der Waals surface area (Å²) in [6.45, 7) is 1.95. The number of thiazole rings is 1. The van der Waals surface area contributed by atoms with Crippen LogP contribution in [-0.2, 0) is 6.54 Å². The zero-order valence-electron chi connectivity index (χ0n) is 10.2. The Morgan fingerprint density at radius 2 is 2.11 bits per heavy atom. The third kappa shape index (κ3) is 3.91. The van der Waals surface area contributed by atoms with Crippen LogP contribution in [0.2, 0.25) is 0 Å². The van der Waals surface area contributed by atoms with Crippen LogP contribution in [0.3, 0.4) is 0 Å². The molecule has 0 spiro atoms. The van der Waals surface area contributed by atoms with Crippen molar-refractivity contribution in [2.45, 2.75) is 18.9 Å². The zero-order valence-corrected chi connectivity index (χ0v) is 11.1. The zero-order chi connectivity index (χ0) is 12.6. The van der Waals surface area contributed by atoms with Crippen molar-refractivity contribution in [3.05, 3.63) is 52.5 Å². The van der Waals surface area contributed by atoms with E-state index in [4.69, 9.17) is 5.11 Å². The molecule has 0 bridgehead atoms. The second-order valence-electron chi connectivity index (χ2n) is 4.22. The molecule has 0 radical (unpaired) electrons. The van der Waals surface area contributed by atoms with Gasteiger partial charge in [-0.05, 0) is 17.9 Å². The van der Waals surface area contributed by atoms with E-state index in [2.05, 4.69) is 22.4 Å². The van der Waals surface area contributed by atoms with Crippen molar-refractivity contribution >= 4 is 11.3 Å². The number of hydrogen-bond donors (Lipinski definition) is 2. The molecule has 0 aliphatic carbocycles. The second-order valence-corrected chi connectivity index (χ2v) is 5.19. The van der Waals surface area contributed by atoms with Crippen LogP contribution in [0.1, 0.15) is 22.8 Å². The highest BCUT2D eigenvalue weighted by Crippen LogP contribution is 2.18. The van der Waals surface area contributed by atoms with Gasteiger partial charge < -0.3 is 10.4 Å². The summed E-state index contributed by atoms with van der Waals surface area (Å²) < 4.78 is 0. The van der Waals surface area contributed by atoms with Gasteiger partial charge in [0.1, 0.15) is 0 Å². The third-order valence-electron chi connectivity index (χ3n) is 2.92. The molecule has 2 aromatic rings. The molecule has 0 fully saturated rings. The molecule has 4 heteroatoms. The predicted molar refractivity (Wildman–Crippen MR) is 74.7 cm³/mol. The van der Waals surface area contributed by atoms with Crippen molar-refractivity contribution < 1.29 is 5.11 Å². The van der Waals surface area contributed by atoms with Crippen LogP contribution >= 0.6 is 11.3 Å². The van der Waals surface area contributed by atoms with Crippen LogP contribution in [0.25, 0.3) is 0 Å². The average molecular weight is 262 g/mol. The van der Waals surface area contributed by atoms with Crippen LogP contribution in [0.15, 0.2) is 42.0 Å². The van der Waals surface area contributed by atoms with Crippen molar-refractivity contribution in [1.82, 2.24) is 10.3 Å². The topological polar surface area (TPSA) is 45.1 Å². The highest BCUT2D eigenvalue weighted by Gasteiger charge is 2.10. The van der Waals surface area contributed by atoms with Gasteiger partial charge in [0.15, 0.2) is 0 Å². The van der Waals surface area contributed by atoms with Gasteiger partial charge in [0, 0.05) is 30.8 Å². The van der Waals surface area contributed by atoms with E-state index in [1.807, 2.05) is 29.9 Å². The fourth-order valence-corrected chi connectivity index (χ4v) is 2.53. The summed E-state index contributed by atoms with van der Waals surface area (Å²) >= 11 is 1.66. The summed E-state index contributed by atoms with van der Waals surface area (Å²) in [6, 6.07) is 10.3. The number of nitrogens with one attached hydrogen (secondary N) is 1. The summed E-state index contributed by atoms with van der Waals surface area (Å²) in [5.41, 5.74) is 3.13. The Balaban J connectivity index is 1.87. The van der Waals surface area contributed by atoms with E-state index in [9.17, 15) is 0 Å². The van der Waals surface area contributed by atoms with Gasteiger partial charge in [-0.2, -0.15) is 0 Å². The summed E-state index contributed by atoms with van der Waals surface area (Å²) in [5, 5.41) is 12.6. The van der Waals surface area contributed by atoms with E-state index >= 15 is 0 Å². The maximum absolute atomic E-state index is 9.15. The molecule has 1 aromatic carbocycles. The van der Waals surface area contributed by atoms with Crippen LogP contribution < -0.4 is 5.32 Å². The van der Waals surface area contributed by atoms with Gasteiger partial charge in [-0.15, -0.1) is 11.3 Å². The molecule has 2 rings (SSSR count). The highest BCUT2D eigenvalue weighted by atomic mass is 32.1. The lowest BCUT2D eigenvalue weighted by atomic mass is 9.96. The molecule has 1 heterocycles. The normalized spacial score (nSPS) is 12.5. The van der Waals surface area contributed by atoms with Crippen LogP contribution in [-0.4, -0.2) is 23.2 Å². The van der Waals surface area contributed by atoms with Crippen molar-refractivity contribution in [3.8, 4) is 0 Å². The van der Waals surface area contributed by atoms with Gasteiger partial charge in [-0.25, -0.2) is 0 Å². The van der Waals surface area contributed by atoms with Gasteiger partial charge in [0.05, 0.1) is 5.51 Å². The molecule has 0 amide bonds. The average Bonchev–Trinajstić information content (AvgIpc) is 2.92. The number of nitrogens with zero attached hydrogens (tertiary/aromatic N) is 1. The maximum atomic E-state index is 9.15.